The summed E-state index contributed by atoms with van der Waals surface area (Å²) in [5.41, 5.74) is 3.09. The third-order valence-corrected chi connectivity index (χ3v) is 9.29. The first-order valence-corrected chi connectivity index (χ1v) is 15.2. The second-order valence-corrected chi connectivity index (χ2v) is 12.6. The molecule has 0 amide bonds. The first-order chi connectivity index (χ1) is 19.4. The third-order valence-electron chi connectivity index (χ3n) is 9.29. The molecule has 9 heteroatoms. The molecule has 0 aromatic carbocycles. The molecule has 0 aromatic rings. The van der Waals surface area contributed by atoms with Crippen LogP contribution in [0.4, 0.5) is 0 Å². The molecule has 11 atom stereocenters. The van der Waals surface area contributed by atoms with Crippen LogP contribution in [0.25, 0.3) is 0 Å². The number of carbonyl (C=O) groups excluding carboxylic acids is 3. The van der Waals surface area contributed by atoms with Gasteiger partial charge in [-0.3, -0.25) is 14.4 Å². The quantitative estimate of drug-likeness (QED) is 0.206. The number of allylic oxidation sites excluding steroid dienone is 4. The van der Waals surface area contributed by atoms with Crippen molar-refractivity contribution in [2.75, 3.05) is 6.61 Å². The number of ether oxygens (including phenoxy) is 6. The molecule has 2 heterocycles. The van der Waals surface area contributed by atoms with E-state index in [0.29, 0.717) is 23.7 Å². The molecule has 2 aliphatic heterocycles. The Morgan fingerprint density at radius 3 is 2.22 bits per heavy atom. The van der Waals surface area contributed by atoms with Gasteiger partial charge in [0.1, 0.15) is 6.10 Å². The Balaban J connectivity index is 1.39. The number of esters is 3. The summed E-state index contributed by atoms with van der Waals surface area (Å²) in [7, 11) is 0. The maximum Gasteiger partial charge on any atom is 0.303 e. The van der Waals surface area contributed by atoms with Gasteiger partial charge in [0.2, 0.25) is 6.29 Å². The van der Waals surface area contributed by atoms with Gasteiger partial charge in [-0.25, -0.2) is 0 Å². The zero-order valence-electron chi connectivity index (χ0n) is 25.6. The lowest BCUT2D eigenvalue weighted by Gasteiger charge is -2.42. The number of rotatable bonds is 9. The van der Waals surface area contributed by atoms with E-state index in [2.05, 4.69) is 39.8 Å². The lowest BCUT2D eigenvalue weighted by molar-refractivity contribution is -0.310. The van der Waals surface area contributed by atoms with Crippen molar-refractivity contribution in [1.29, 1.82) is 0 Å². The highest BCUT2D eigenvalue weighted by molar-refractivity contribution is 5.68. The molecule has 0 aromatic heterocycles. The minimum Gasteiger partial charge on any atom is -0.456 e. The number of hydrogen-bond donors (Lipinski definition) is 0. The van der Waals surface area contributed by atoms with Gasteiger partial charge < -0.3 is 28.4 Å². The summed E-state index contributed by atoms with van der Waals surface area (Å²) in [6.45, 7) is 12.9. The average Bonchev–Trinajstić information content (AvgIpc) is 3.09. The van der Waals surface area contributed by atoms with Crippen LogP contribution in [-0.2, 0) is 42.8 Å². The van der Waals surface area contributed by atoms with Crippen molar-refractivity contribution in [2.24, 2.45) is 29.6 Å². The van der Waals surface area contributed by atoms with Gasteiger partial charge in [-0.15, -0.1) is 0 Å². The highest BCUT2D eigenvalue weighted by atomic mass is 16.8. The molecular formula is C32H48O9. The van der Waals surface area contributed by atoms with Gasteiger partial charge >= 0.3 is 17.9 Å². The van der Waals surface area contributed by atoms with Crippen LogP contribution in [-0.4, -0.2) is 61.5 Å². The number of hydrogen-bond acceptors (Lipinski definition) is 9. The number of fused-ring (bicyclic) bond motifs is 3. The lowest BCUT2D eigenvalue weighted by Crippen LogP contribution is -2.62. The highest BCUT2D eigenvalue weighted by Crippen LogP contribution is 2.46. The fourth-order valence-electron chi connectivity index (χ4n) is 7.17. The van der Waals surface area contributed by atoms with E-state index in [-0.39, 0.29) is 12.5 Å². The fourth-order valence-corrected chi connectivity index (χ4v) is 7.17. The van der Waals surface area contributed by atoms with Crippen LogP contribution >= 0.6 is 0 Å². The van der Waals surface area contributed by atoms with Crippen LogP contribution in [0.2, 0.25) is 0 Å². The molecule has 4 aliphatic rings. The molecule has 2 aliphatic carbocycles. The van der Waals surface area contributed by atoms with Gasteiger partial charge in [0.05, 0.1) is 6.61 Å². The van der Waals surface area contributed by atoms with Crippen molar-refractivity contribution in [2.45, 2.75) is 124 Å². The van der Waals surface area contributed by atoms with Crippen molar-refractivity contribution in [3.63, 3.8) is 0 Å². The van der Waals surface area contributed by atoms with Crippen LogP contribution in [0.15, 0.2) is 23.3 Å². The standard InChI is InChI=1S/C32H48O9/c1-17-11-13-24-19(3)12-14-25(26(24)15-17)18(2)9-8-10-20(4)31-36-16-27-28(37-21(5)33)29(38-22(6)34)30(39-23(7)35)32(40-27)41-31/h12,15,18,20,24-32H,8-11,13-14,16H2,1-7H3/t18?,20-,24-,25+,26-,27-,28-,29+,30-,31+,32+/m1/s1. The molecule has 0 saturated carbocycles. The predicted molar refractivity (Wildman–Crippen MR) is 150 cm³/mol. The van der Waals surface area contributed by atoms with E-state index >= 15 is 0 Å². The Hall–Kier alpha value is -2.23. The second kappa shape index (κ2) is 13.8. The molecule has 9 nitrogen and oxygen atoms in total. The van der Waals surface area contributed by atoms with Crippen molar-refractivity contribution in [3.8, 4) is 0 Å². The van der Waals surface area contributed by atoms with Crippen LogP contribution in [0, 0.1) is 29.6 Å². The predicted octanol–water partition coefficient (Wildman–Crippen LogP) is 5.26. The van der Waals surface area contributed by atoms with Gasteiger partial charge in [-0.05, 0) is 63.2 Å². The Labute approximate surface area is 244 Å². The maximum atomic E-state index is 12.0. The first kappa shape index (κ1) is 31.7. The van der Waals surface area contributed by atoms with Crippen LogP contribution in [0.3, 0.4) is 0 Å². The molecular weight excluding hydrogens is 528 g/mol. The van der Waals surface area contributed by atoms with Gasteiger partial charge in [-0.2, -0.15) is 0 Å². The molecule has 4 rings (SSSR count). The Kier molecular flexibility index (Phi) is 10.7. The van der Waals surface area contributed by atoms with Crippen molar-refractivity contribution < 1.29 is 42.8 Å². The molecule has 2 fully saturated rings. The summed E-state index contributed by atoms with van der Waals surface area (Å²) in [6, 6.07) is 0. The maximum absolute atomic E-state index is 12.0. The normalized spacial score (nSPS) is 36.4. The van der Waals surface area contributed by atoms with Gasteiger partial charge in [0.15, 0.2) is 24.6 Å². The minimum atomic E-state index is -1.11. The van der Waals surface area contributed by atoms with E-state index in [1.165, 1.54) is 39.2 Å². The molecule has 41 heavy (non-hydrogen) atoms. The largest absolute Gasteiger partial charge is 0.456 e. The van der Waals surface area contributed by atoms with E-state index in [1.807, 2.05) is 0 Å². The van der Waals surface area contributed by atoms with Crippen LogP contribution < -0.4 is 0 Å². The molecule has 1 unspecified atom stereocenters. The lowest BCUT2D eigenvalue weighted by atomic mass is 9.63. The summed E-state index contributed by atoms with van der Waals surface area (Å²) in [4.78, 5) is 35.8. The molecule has 230 valence electrons. The number of carbonyl (C=O) groups is 3. The monoisotopic (exact) mass is 576 g/mol. The molecule has 2 saturated heterocycles. The Morgan fingerprint density at radius 1 is 0.902 bits per heavy atom. The molecule has 0 spiro atoms. The summed E-state index contributed by atoms with van der Waals surface area (Å²) in [5, 5.41) is 0. The van der Waals surface area contributed by atoms with Crippen LogP contribution in [0.1, 0.15) is 87.0 Å². The summed E-state index contributed by atoms with van der Waals surface area (Å²) >= 11 is 0. The zero-order chi connectivity index (χ0) is 29.8. The smallest absolute Gasteiger partial charge is 0.303 e. The van der Waals surface area contributed by atoms with Crippen molar-refractivity contribution in [3.05, 3.63) is 23.3 Å². The fraction of sp³-hybridized carbons (Fsp3) is 0.781. The SMILES string of the molecule is CC(=O)O[C@@H]1[C@@H](OC(C)=O)[C@@H]2O[C@@H]([C@H](C)CCCC(C)[C@@H]3CC=C(C)[C@H]4CCC(C)=C[C@H]43)OC[C@@H](O2)[C@H]1OC(C)=O. The van der Waals surface area contributed by atoms with Gasteiger partial charge in [-0.1, -0.05) is 50.0 Å². The van der Waals surface area contributed by atoms with E-state index < -0.39 is 54.9 Å². The Morgan fingerprint density at radius 2 is 1.54 bits per heavy atom. The van der Waals surface area contributed by atoms with E-state index in [1.54, 1.807) is 5.57 Å². The molecule has 0 radical (unpaired) electrons. The van der Waals surface area contributed by atoms with Crippen molar-refractivity contribution in [1.82, 2.24) is 0 Å². The summed E-state index contributed by atoms with van der Waals surface area (Å²) in [6.07, 6.45) is 6.04. The summed E-state index contributed by atoms with van der Waals surface area (Å²) in [5.74, 6) is 0.838. The highest BCUT2D eigenvalue weighted by Gasteiger charge is 2.54. The van der Waals surface area contributed by atoms with Crippen LogP contribution in [0.5, 0.6) is 0 Å². The zero-order valence-corrected chi connectivity index (χ0v) is 25.6. The Bertz CT molecular complexity index is 1020. The summed E-state index contributed by atoms with van der Waals surface area (Å²) < 4.78 is 34.9. The van der Waals surface area contributed by atoms with Gasteiger partial charge in [0, 0.05) is 26.7 Å². The van der Waals surface area contributed by atoms with E-state index in [4.69, 9.17) is 28.4 Å². The molecule has 0 N–H and O–H groups in total. The topological polar surface area (TPSA) is 107 Å². The molecule has 2 bridgehead atoms. The third kappa shape index (κ3) is 7.79. The first-order valence-electron chi connectivity index (χ1n) is 15.2. The van der Waals surface area contributed by atoms with Crippen molar-refractivity contribution >= 4 is 17.9 Å². The average molecular weight is 577 g/mol. The van der Waals surface area contributed by atoms with E-state index in [0.717, 1.165) is 25.7 Å². The van der Waals surface area contributed by atoms with E-state index in [9.17, 15) is 14.4 Å². The van der Waals surface area contributed by atoms with Gasteiger partial charge in [0.25, 0.3) is 0 Å². The second-order valence-electron chi connectivity index (χ2n) is 12.6. The minimum absolute atomic E-state index is 0.0283.